The monoisotopic (exact) mass is 388 g/mol. The Labute approximate surface area is 165 Å². The molecular weight excluding hydrogens is 360 g/mol. The van der Waals surface area contributed by atoms with E-state index in [1.54, 1.807) is 4.90 Å². The summed E-state index contributed by atoms with van der Waals surface area (Å²) in [6.07, 6.45) is 2.60. The molecule has 2 fully saturated rings. The highest BCUT2D eigenvalue weighted by Crippen LogP contribution is 2.35. The number of likely N-dealkylation sites (N-methyl/N-ethyl adjacent to an activating group) is 1. The van der Waals surface area contributed by atoms with Crippen molar-refractivity contribution in [2.75, 3.05) is 44.3 Å². The van der Waals surface area contributed by atoms with Crippen LogP contribution in [-0.2, 0) is 4.79 Å². The lowest BCUT2D eigenvalue weighted by Gasteiger charge is -2.24. The summed E-state index contributed by atoms with van der Waals surface area (Å²) in [6.45, 7) is 6.40. The van der Waals surface area contributed by atoms with Crippen LogP contribution in [-0.4, -0.2) is 68.3 Å². The zero-order valence-electron chi connectivity index (χ0n) is 16.3. The van der Waals surface area contributed by atoms with Gasteiger partial charge in [-0.1, -0.05) is 6.92 Å². The fourth-order valence-electron chi connectivity index (χ4n) is 4.24. The van der Waals surface area contributed by atoms with Crippen LogP contribution in [0.4, 0.5) is 10.5 Å². The minimum absolute atomic E-state index is 0.00470. The number of fused-ring (bicyclic) bond motifs is 1. The van der Waals surface area contributed by atoms with E-state index in [2.05, 4.69) is 22.5 Å². The Kier molecular flexibility index (Phi) is 5.57. The third kappa shape index (κ3) is 4.01. The van der Waals surface area contributed by atoms with Crippen molar-refractivity contribution in [3.8, 4) is 11.5 Å². The van der Waals surface area contributed by atoms with Gasteiger partial charge >= 0.3 is 6.03 Å². The third-order valence-electron chi connectivity index (χ3n) is 5.70. The first kappa shape index (κ1) is 18.9. The van der Waals surface area contributed by atoms with Crippen LogP contribution in [0.5, 0.6) is 11.5 Å². The van der Waals surface area contributed by atoms with E-state index in [0.717, 1.165) is 25.2 Å². The molecule has 0 saturated carbocycles. The van der Waals surface area contributed by atoms with E-state index < -0.39 is 0 Å². The van der Waals surface area contributed by atoms with Gasteiger partial charge in [0.05, 0.1) is 6.04 Å². The van der Waals surface area contributed by atoms with E-state index in [1.807, 2.05) is 18.2 Å². The molecule has 2 atom stereocenters. The standard InChI is InChI=1S/C20H28N4O4/c1-2-23-7-3-4-16(23)12-21-20(26)22-14-10-19(25)24(13-14)15-5-6-17-18(11-15)28-9-8-27-17/h5-6,11,14,16H,2-4,7-10,12-13H2,1H3,(H2,21,22,26)/t14-,16-/m1/s1. The van der Waals surface area contributed by atoms with Crippen LogP contribution in [0.25, 0.3) is 0 Å². The fraction of sp³-hybridized carbons (Fsp3) is 0.600. The summed E-state index contributed by atoms with van der Waals surface area (Å²) in [5.41, 5.74) is 0.767. The quantitative estimate of drug-likeness (QED) is 0.796. The van der Waals surface area contributed by atoms with Crippen LogP contribution in [0.3, 0.4) is 0 Å². The minimum atomic E-state index is -0.204. The zero-order chi connectivity index (χ0) is 19.5. The molecule has 2 saturated heterocycles. The molecule has 1 aromatic rings. The number of hydrogen-bond acceptors (Lipinski definition) is 5. The van der Waals surface area contributed by atoms with Gasteiger partial charge in [-0.3, -0.25) is 9.69 Å². The lowest BCUT2D eigenvalue weighted by molar-refractivity contribution is -0.117. The van der Waals surface area contributed by atoms with Crippen molar-refractivity contribution < 1.29 is 19.1 Å². The molecular formula is C20H28N4O4. The molecule has 3 aliphatic rings. The van der Waals surface area contributed by atoms with E-state index in [1.165, 1.54) is 6.42 Å². The summed E-state index contributed by atoms with van der Waals surface area (Å²) in [7, 11) is 0. The fourth-order valence-corrected chi connectivity index (χ4v) is 4.24. The first-order chi connectivity index (χ1) is 13.6. The highest BCUT2D eigenvalue weighted by atomic mass is 16.6. The maximum Gasteiger partial charge on any atom is 0.315 e. The Balaban J connectivity index is 1.30. The first-order valence-electron chi connectivity index (χ1n) is 10.1. The molecule has 3 amide bonds. The lowest BCUT2D eigenvalue weighted by Crippen LogP contribution is -2.47. The number of likely N-dealkylation sites (tertiary alicyclic amines) is 1. The predicted octanol–water partition coefficient (Wildman–Crippen LogP) is 1.35. The van der Waals surface area contributed by atoms with Crippen molar-refractivity contribution >= 4 is 17.6 Å². The Morgan fingerprint density at radius 3 is 2.89 bits per heavy atom. The summed E-state index contributed by atoms with van der Waals surface area (Å²) in [5.74, 6) is 1.35. The molecule has 2 N–H and O–H groups in total. The molecule has 0 aliphatic carbocycles. The van der Waals surface area contributed by atoms with Crippen molar-refractivity contribution in [3.05, 3.63) is 18.2 Å². The molecule has 0 aromatic heterocycles. The summed E-state index contributed by atoms with van der Waals surface area (Å²) in [6, 6.07) is 5.51. The lowest BCUT2D eigenvalue weighted by atomic mass is 10.2. The summed E-state index contributed by atoms with van der Waals surface area (Å²) in [5, 5.41) is 5.91. The highest BCUT2D eigenvalue weighted by Gasteiger charge is 2.32. The number of anilines is 1. The van der Waals surface area contributed by atoms with Gasteiger partial charge in [0.25, 0.3) is 0 Å². The van der Waals surface area contributed by atoms with Gasteiger partial charge in [0.1, 0.15) is 13.2 Å². The Morgan fingerprint density at radius 2 is 2.07 bits per heavy atom. The molecule has 0 bridgehead atoms. The van der Waals surface area contributed by atoms with Crippen LogP contribution in [0, 0.1) is 0 Å². The maximum absolute atomic E-state index is 12.5. The first-order valence-corrected chi connectivity index (χ1v) is 10.1. The molecule has 28 heavy (non-hydrogen) atoms. The number of amides is 3. The van der Waals surface area contributed by atoms with E-state index in [4.69, 9.17) is 9.47 Å². The van der Waals surface area contributed by atoms with Gasteiger partial charge in [-0.05, 0) is 38.1 Å². The summed E-state index contributed by atoms with van der Waals surface area (Å²) in [4.78, 5) is 28.8. The molecule has 1 aromatic carbocycles. The van der Waals surface area contributed by atoms with E-state index >= 15 is 0 Å². The van der Waals surface area contributed by atoms with Gasteiger partial charge in [-0.25, -0.2) is 4.79 Å². The second-order valence-electron chi connectivity index (χ2n) is 7.51. The van der Waals surface area contributed by atoms with Crippen molar-refractivity contribution in [1.29, 1.82) is 0 Å². The molecule has 3 aliphatic heterocycles. The van der Waals surface area contributed by atoms with Crippen LogP contribution < -0.4 is 25.0 Å². The van der Waals surface area contributed by atoms with Crippen LogP contribution >= 0.6 is 0 Å². The minimum Gasteiger partial charge on any atom is -0.486 e. The molecule has 0 unspecified atom stereocenters. The normalized spacial score (nSPS) is 24.5. The molecule has 3 heterocycles. The number of urea groups is 1. The smallest absolute Gasteiger partial charge is 0.315 e. The number of carbonyl (C=O) groups is 2. The van der Waals surface area contributed by atoms with Gasteiger partial charge in [0, 0.05) is 37.3 Å². The number of hydrogen-bond donors (Lipinski definition) is 2. The molecule has 0 spiro atoms. The zero-order valence-corrected chi connectivity index (χ0v) is 16.3. The Bertz CT molecular complexity index is 741. The number of nitrogens with zero attached hydrogens (tertiary/aromatic N) is 2. The third-order valence-corrected chi connectivity index (χ3v) is 5.70. The highest BCUT2D eigenvalue weighted by molar-refractivity contribution is 5.97. The summed E-state index contributed by atoms with van der Waals surface area (Å²) < 4.78 is 11.1. The number of benzene rings is 1. The van der Waals surface area contributed by atoms with Crippen LogP contribution in [0.2, 0.25) is 0 Å². The second kappa shape index (κ2) is 8.26. The number of nitrogens with one attached hydrogen (secondary N) is 2. The average Bonchev–Trinajstić information content (AvgIpc) is 3.31. The van der Waals surface area contributed by atoms with E-state index in [0.29, 0.717) is 50.3 Å². The van der Waals surface area contributed by atoms with Crippen LogP contribution in [0.1, 0.15) is 26.2 Å². The molecule has 8 nitrogen and oxygen atoms in total. The van der Waals surface area contributed by atoms with Gasteiger partial charge in [0.15, 0.2) is 11.5 Å². The van der Waals surface area contributed by atoms with Gasteiger partial charge < -0.3 is 25.0 Å². The van der Waals surface area contributed by atoms with Gasteiger partial charge in [-0.15, -0.1) is 0 Å². The van der Waals surface area contributed by atoms with Crippen molar-refractivity contribution in [2.45, 2.75) is 38.3 Å². The number of rotatable bonds is 5. The van der Waals surface area contributed by atoms with Crippen molar-refractivity contribution in [3.63, 3.8) is 0 Å². The van der Waals surface area contributed by atoms with Crippen LogP contribution in [0.15, 0.2) is 18.2 Å². The van der Waals surface area contributed by atoms with E-state index in [9.17, 15) is 9.59 Å². The van der Waals surface area contributed by atoms with Gasteiger partial charge in [0.2, 0.25) is 5.91 Å². The largest absolute Gasteiger partial charge is 0.486 e. The number of carbonyl (C=O) groups excluding carboxylic acids is 2. The Hall–Kier alpha value is -2.48. The van der Waals surface area contributed by atoms with Crippen molar-refractivity contribution in [2.24, 2.45) is 0 Å². The van der Waals surface area contributed by atoms with Crippen molar-refractivity contribution in [1.82, 2.24) is 15.5 Å². The SMILES string of the molecule is CCN1CCC[C@@H]1CNC(=O)N[C@@H]1CC(=O)N(c2ccc3c(c2)OCCO3)C1. The topological polar surface area (TPSA) is 83.1 Å². The molecule has 4 rings (SSSR count). The molecule has 8 heteroatoms. The number of ether oxygens (including phenoxy) is 2. The molecule has 0 radical (unpaired) electrons. The molecule has 152 valence electrons. The average molecular weight is 388 g/mol. The Morgan fingerprint density at radius 1 is 1.25 bits per heavy atom. The predicted molar refractivity (Wildman–Crippen MR) is 105 cm³/mol. The van der Waals surface area contributed by atoms with Gasteiger partial charge in [-0.2, -0.15) is 0 Å². The maximum atomic E-state index is 12.5. The summed E-state index contributed by atoms with van der Waals surface area (Å²) >= 11 is 0. The second-order valence-corrected chi connectivity index (χ2v) is 7.51. The van der Waals surface area contributed by atoms with E-state index in [-0.39, 0.29) is 18.0 Å².